The van der Waals surface area contributed by atoms with E-state index in [1.54, 1.807) is 12.1 Å². The largest absolute Gasteiger partial charge is 0.489 e. The van der Waals surface area contributed by atoms with Crippen LogP contribution in [0.15, 0.2) is 377 Å². The number of nitrogens with zero attached hydrogens (tertiary/aromatic N) is 2. The van der Waals surface area contributed by atoms with Crippen molar-refractivity contribution in [2.75, 3.05) is 9.80 Å². The smallest absolute Gasteiger partial charge is 0.159 e. The third-order valence-corrected chi connectivity index (χ3v) is 22.3. The maximum Gasteiger partial charge on any atom is 0.159 e. The van der Waals surface area contributed by atoms with Gasteiger partial charge in [0, 0.05) is 34.1 Å². The van der Waals surface area contributed by atoms with Crippen molar-refractivity contribution >= 4 is 46.3 Å². The van der Waals surface area contributed by atoms with E-state index in [0.29, 0.717) is 47.0 Å². The number of rotatable bonds is 21. The Kier molecular flexibility index (Phi) is 18.7. The van der Waals surface area contributed by atoms with E-state index in [9.17, 15) is 17.6 Å². The van der Waals surface area contributed by atoms with Crippen LogP contribution in [0.2, 0.25) is 0 Å². The first-order valence-electron chi connectivity index (χ1n) is 37.6. The van der Waals surface area contributed by atoms with Crippen molar-refractivity contribution in [2.45, 2.75) is 24.0 Å². The van der Waals surface area contributed by atoms with Crippen LogP contribution in [0.4, 0.5) is 60.5 Å². The second-order valence-corrected chi connectivity index (χ2v) is 28.7. The quantitative estimate of drug-likeness (QED) is 0.0670. The van der Waals surface area contributed by atoms with Gasteiger partial charge in [-0.25, -0.2) is 26.3 Å². The first-order valence-corrected chi connectivity index (χ1v) is 37.6. The molecule has 18 rings (SSSR count). The molecule has 4 nitrogen and oxygen atoms in total. The summed E-state index contributed by atoms with van der Waals surface area (Å²) in [6.45, 7) is 8.52. The van der Waals surface area contributed by atoms with Gasteiger partial charge >= 0.3 is 0 Å². The van der Waals surface area contributed by atoms with E-state index in [0.717, 1.165) is 146 Å². The zero-order chi connectivity index (χ0) is 77.6. The average molecular weight is 1490 g/mol. The molecule has 2 aliphatic rings. The van der Waals surface area contributed by atoms with Gasteiger partial charge in [-0.2, -0.15) is 0 Å². The van der Waals surface area contributed by atoms with E-state index < -0.39 is 34.1 Å². The first-order chi connectivity index (χ1) is 55.8. The minimum Gasteiger partial charge on any atom is -0.489 e. The Morgan fingerprint density at radius 3 is 0.868 bits per heavy atom. The molecule has 0 N–H and O–H groups in total. The van der Waals surface area contributed by atoms with Gasteiger partial charge < -0.3 is 19.3 Å². The molecule has 0 spiro atoms. The number of ether oxygens (including phenoxy) is 2. The summed E-state index contributed by atoms with van der Waals surface area (Å²) in [5, 5.41) is 0. The fourth-order valence-corrected chi connectivity index (χ4v) is 16.7. The van der Waals surface area contributed by atoms with E-state index in [1.165, 1.54) is 36.4 Å². The van der Waals surface area contributed by atoms with Crippen molar-refractivity contribution in [1.82, 2.24) is 0 Å². The lowest BCUT2D eigenvalue weighted by molar-refractivity contribution is 0.306. The van der Waals surface area contributed by atoms with Crippen LogP contribution in [0.1, 0.15) is 66.8 Å². The average Bonchev–Trinajstić information content (AvgIpc) is 1.53. The van der Waals surface area contributed by atoms with E-state index in [-0.39, 0.29) is 11.6 Å². The number of halogens is 6. The van der Waals surface area contributed by atoms with Gasteiger partial charge in [0.05, 0.1) is 10.8 Å². The standard InChI is InChI=1S/C104H70F6N2O2/c1-3-67-13-17-69(18-14-67)65-113-89-53-35-79(36-54-89)103(77-31-39-81(105)40-32-77)95-11-7-5-9-91(95)93-57-51-87(63-97(93)103)111(85-47-25-73(26-48-85)75-29-59-99(107)101(109)61-75)83-43-21-71(22-44-83)72-23-45-84(46-24-72)112(86-49-27-74(28-50-86)76-30-60-100(108)102(110)62-76)88-52-58-94-92-10-6-8-12-96(92)104(98(94)64-88,78-33-41-82(106)42-34-78)80-37-55-90(56-38-80)114-66-70-19-15-68(4-2)16-20-70/h3-64H,1-2,65-66H2. The van der Waals surface area contributed by atoms with E-state index in [1.807, 2.05) is 182 Å². The van der Waals surface area contributed by atoms with Gasteiger partial charge in [-0.3, -0.25) is 0 Å². The van der Waals surface area contributed by atoms with Gasteiger partial charge in [-0.05, 0) is 268 Å². The minimum atomic E-state index is -0.943. The molecule has 16 aromatic rings. The summed E-state index contributed by atoms with van der Waals surface area (Å²) in [5.74, 6) is -3.07. The maximum absolute atomic E-state index is 15.3. The zero-order valence-electron chi connectivity index (χ0n) is 61.6. The van der Waals surface area contributed by atoms with Crippen molar-refractivity contribution in [2.24, 2.45) is 0 Å². The SMILES string of the molecule is C=Cc1ccc(COc2ccc(C3(c4ccc(F)cc4)c4ccccc4-c4ccc(N(c5ccc(-c6ccc(N(c7ccc(-c8ccc(F)c(F)c8)cc7)c7ccc8c(c7)C(c7ccc(F)cc7)(c7ccc(OCc9ccc(C=C)cc9)cc7)c7ccccc7-8)cc6)cc5)c5ccc(-c6ccc(F)c(F)c6)cc5)cc43)cc2)cc1. The molecule has 0 heterocycles. The van der Waals surface area contributed by atoms with Crippen molar-refractivity contribution in [3.8, 4) is 67.1 Å². The number of fused-ring (bicyclic) bond motifs is 6. The molecule has 550 valence electrons. The number of anilines is 6. The van der Waals surface area contributed by atoms with Gasteiger partial charge in [0.15, 0.2) is 23.3 Å². The van der Waals surface area contributed by atoms with Crippen molar-refractivity contribution < 1.29 is 35.8 Å². The Morgan fingerprint density at radius 2 is 0.544 bits per heavy atom. The molecule has 0 bridgehead atoms. The lowest BCUT2D eigenvalue weighted by atomic mass is 9.67. The van der Waals surface area contributed by atoms with Crippen LogP contribution in [-0.2, 0) is 24.0 Å². The monoisotopic (exact) mass is 1490 g/mol. The molecule has 0 saturated heterocycles. The predicted octanol–water partition coefficient (Wildman–Crippen LogP) is 27.6. The van der Waals surface area contributed by atoms with Crippen LogP contribution in [0, 0.1) is 34.9 Å². The molecule has 0 aliphatic heterocycles. The topological polar surface area (TPSA) is 24.9 Å². The molecule has 2 aliphatic carbocycles. The normalized spacial score (nSPS) is 14.3. The molecule has 0 fully saturated rings. The third kappa shape index (κ3) is 13.0. The molecule has 0 radical (unpaired) electrons. The summed E-state index contributed by atoms with van der Waals surface area (Å²) in [7, 11) is 0. The molecule has 0 saturated carbocycles. The van der Waals surface area contributed by atoms with Crippen LogP contribution in [-0.4, -0.2) is 0 Å². The van der Waals surface area contributed by atoms with Crippen molar-refractivity contribution in [1.29, 1.82) is 0 Å². The van der Waals surface area contributed by atoms with Gasteiger partial charge in [-0.1, -0.05) is 244 Å². The second-order valence-electron chi connectivity index (χ2n) is 28.7. The highest BCUT2D eigenvalue weighted by Gasteiger charge is 2.48. The Labute approximate surface area is 658 Å². The molecular formula is C104H70F6N2O2. The summed E-state index contributed by atoms with van der Waals surface area (Å²) in [5.41, 5.74) is 23.1. The summed E-state index contributed by atoms with van der Waals surface area (Å²) in [6, 6.07) is 116. The lowest BCUT2D eigenvalue weighted by Gasteiger charge is -2.35. The van der Waals surface area contributed by atoms with Crippen LogP contribution in [0.25, 0.3) is 67.8 Å². The summed E-state index contributed by atoms with van der Waals surface area (Å²) < 4.78 is 102. The third-order valence-electron chi connectivity index (χ3n) is 22.3. The number of benzene rings is 16. The second kappa shape index (κ2) is 29.9. The maximum atomic E-state index is 15.3. The summed E-state index contributed by atoms with van der Waals surface area (Å²) >= 11 is 0. The molecule has 0 aromatic heterocycles. The fraction of sp³-hybridized carbons (Fsp3) is 0.0385. The van der Waals surface area contributed by atoms with Gasteiger partial charge in [0.2, 0.25) is 0 Å². The van der Waals surface area contributed by atoms with E-state index >= 15 is 8.78 Å². The molecule has 16 aromatic carbocycles. The molecule has 114 heavy (non-hydrogen) atoms. The van der Waals surface area contributed by atoms with E-state index in [2.05, 4.69) is 156 Å². The Bertz CT molecular complexity index is 5910. The predicted molar refractivity (Wildman–Crippen MR) is 448 cm³/mol. The molecular weight excluding hydrogens is 1420 g/mol. The highest BCUT2D eigenvalue weighted by Crippen LogP contribution is 2.60. The Hall–Kier alpha value is -14.2. The Morgan fingerprint density at radius 1 is 0.254 bits per heavy atom. The van der Waals surface area contributed by atoms with Gasteiger partial charge in [0.1, 0.15) is 36.3 Å². The number of hydrogen-bond acceptors (Lipinski definition) is 4. The van der Waals surface area contributed by atoms with Crippen LogP contribution < -0.4 is 19.3 Å². The number of hydrogen-bond donors (Lipinski definition) is 0. The highest BCUT2D eigenvalue weighted by molar-refractivity contribution is 5.93. The molecule has 2 atom stereocenters. The first kappa shape index (κ1) is 71.4. The summed E-state index contributed by atoms with van der Waals surface area (Å²) in [4.78, 5) is 4.37. The lowest BCUT2D eigenvalue weighted by Crippen LogP contribution is -2.29. The van der Waals surface area contributed by atoms with Crippen LogP contribution in [0.3, 0.4) is 0 Å². The van der Waals surface area contributed by atoms with E-state index in [4.69, 9.17) is 9.47 Å². The summed E-state index contributed by atoms with van der Waals surface area (Å²) in [6.07, 6.45) is 3.62. The fourth-order valence-electron chi connectivity index (χ4n) is 16.7. The molecule has 2 unspecified atom stereocenters. The molecule has 10 heteroatoms. The highest BCUT2D eigenvalue weighted by atomic mass is 19.2. The van der Waals surface area contributed by atoms with Crippen LogP contribution in [0.5, 0.6) is 11.5 Å². The zero-order valence-corrected chi connectivity index (χ0v) is 61.6. The van der Waals surface area contributed by atoms with Crippen molar-refractivity contribution in [3.63, 3.8) is 0 Å². The Balaban J connectivity index is 0.730. The van der Waals surface area contributed by atoms with Gasteiger partial charge in [0.25, 0.3) is 0 Å². The van der Waals surface area contributed by atoms with Crippen LogP contribution >= 0.6 is 0 Å². The van der Waals surface area contributed by atoms with Crippen molar-refractivity contribution in [3.05, 3.63) is 479 Å². The molecule has 0 amide bonds. The minimum absolute atomic E-state index is 0.354. The van der Waals surface area contributed by atoms with Gasteiger partial charge in [-0.15, -0.1) is 0 Å².